The fourth-order valence-corrected chi connectivity index (χ4v) is 17.1. The van der Waals surface area contributed by atoms with Gasteiger partial charge in [0.05, 0.1) is 125 Å². The summed E-state index contributed by atoms with van der Waals surface area (Å²) in [6, 6.07) is 66.4. The molecule has 10 aromatic carbocycles. The van der Waals surface area contributed by atoms with Gasteiger partial charge in [-0.3, -0.25) is 24.0 Å². The summed E-state index contributed by atoms with van der Waals surface area (Å²) in [5.74, 6) is -2.30. The van der Waals surface area contributed by atoms with Crippen LogP contribution < -0.4 is 49.0 Å². The highest BCUT2D eigenvalue weighted by atomic mass is 32.1. The lowest BCUT2D eigenvalue weighted by Crippen LogP contribution is -2.30. The third-order valence-electron chi connectivity index (χ3n) is 24.5. The fourth-order valence-electron chi connectivity index (χ4n) is 16.3. The number of thiazole rings is 1. The number of hydrazone groups is 1. The highest BCUT2D eigenvalue weighted by Crippen LogP contribution is 2.37. The van der Waals surface area contributed by atoms with Gasteiger partial charge >= 0.3 is 59.7 Å². The predicted molar refractivity (Wildman–Crippen MR) is 567 cm³/mol. The predicted octanol–water partition coefficient (Wildman–Crippen LogP) is 21.4. The molecular weight excluding hydrogens is 1920 g/mol. The smallest absolute Gasteiger partial charge is 0.338 e. The quantitative estimate of drug-likeness (QED) is 0.00680. The number of hydrogen-bond donors (Lipinski definition) is 2. The molecule has 0 unspecified atom stereocenters. The highest BCUT2D eigenvalue weighted by Gasteiger charge is 2.35. The Morgan fingerprint density at radius 3 is 1.30 bits per heavy atom. The number of aromatic nitrogens is 1. The van der Waals surface area contributed by atoms with Crippen LogP contribution in [0.25, 0.3) is 32.8 Å². The minimum atomic E-state index is -0.527. The maximum absolute atomic E-state index is 13.8. The molecule has 2 fully saturated rings. The van der Waals surface area contributed by atoms with Gasteiger partial charge in [-0.1, -0.05) is 130 Å². The summed E-state index contributed by atoms with van der Waals surface area (Å²) in [4.78, 5) is 142. The van der Waals surface area contributed by atoms with E-state index in [0.29, 0.717) is 197 Å². The molecule has 1 aromatic heterocycles. The van der Waals surface area contributed by atoms with Gasteiger partial charge in [-0.05, 0) is 269 Å². The molecule has 778 valence electrons. The molecule has 11 aromatic rings. The lowest BCUT2D eigenvalue weighted by atomic mass is 9.82. The number of carbonyl (C=O) groups is 11. The summed E-state index contributed by atoms with van der Waals surface area (Å²) in [5.41, 5.74) is 13.6. The average Bonchev–Trinajstić information content (AvgIpc) is 1.53. The number of nitrogens with one attached hydrogen (secondary N) is 2. The summed E-state index contributed by atoms with van der Waals surface area (Å²) >= 11 is 1.26. The second-order valence-electron chi connectivity index (χ2n) is 35.1. The summed E-state index contributed by atoms with van der Waals surface area (Å²) in [6.07, 6.45) is 20.3. The summed E-state index contributed by atoms with van der Waals surface area (Å²) in [5, 5.41) is 12.3. The zero-order valence-corrected chi connectivity index (χ0v) is 84.3. The van der Waals surface area contributed by atoms with Gasteiger partial charge in [-0.25, -0.2) is 39.2 Å². The molecule has 30 nitrogen and oxygen atoms in total. The number of ether oxygens (including phenoxy) is 14. The molecule has 2 aliphatic rings. The number of unbranched alkanes of at least 4 members (excludes halogenated alkanes) is 6. The van der Waals surface area contributed by atoms with Crippen molar-refractivity contribution in [3.8, 4) is 51.5 Å². The number of carbonyl (C=O) groups excluding carboxylic acids is 11. The SMILES string of the molecule is C=CC(=O)OCCCCCCOc1ccc(OC(=O)C2CCC(C(=O)OCCc3ccc(OC(=O)C4CCC(C(=O)Oc5ccc(OCCCCCCOC(=O)C=C)cc5)CC4)c(CNNc4cccc5ccccc45)c3)CC2)cc1.C=CC(=O)OCCCOc1ccc(C(=O)OCCc2ccc(CCOC(=O)c3ccc(OCCCOC(=O)C=C)cc3)c(/C=N/N(C(=O)C=C)c3nc(-c4ccc5ccccc5c4)cs3)c2)cc1. The standard InChI is InChI=1S/C65H76N2O14.C53H49N3O11S/c1-3-60(68)76-41-13-7-5-11-39-74-53-29-33-55(34-30-53)79-63(71)49-23-21-48(22-24-49)62(70)78-43-38-46-20-37-59(52(44-46)45-66-67-58-19-15-17-47-16-9-10-18-57(47)58)81-65(73)51-27-25-50(26-28-51)64(72)80-56-35-31-54(32-36-56)75-40-12-6-8-14-42-77-61(69)4-2;1-4-48(57)56(53-55-47(36-68-53)43-16-15-38-11-7-8-12-42(38)34-43)54-35-44-33-37(25-31-66-51(60)40-17-21-45(22-18-40)62-27-9-29-64-49(58)5-2)13-14-39(44)26-32-67-52(61)41-19-23-46(24-20-41)63-28-10-30-65-50(59)6-3/h3-4,9-10,15-20,29-37,44,48-51,66-67H,1-2,5-8,11-14,21-28,38-43,45H2;4-8,11-24,33-36H,1-3,9-10,25-32H2/b;54-35+. The van der Waals surface area contributed by atoms with Crippen LogP contribution in [0.3, 0.4) is 0 Å². The number of rotatable bonds is 57. The number of hydrogen-bond acceptors (Lipinski definition) is 30. The molecule has 2 saturated carbocycles. The van der Waals surface area contributed by atoms with Crippen molar-refractivity contribution >= 4 is 116 Å². The Balaban J connectivity index is 0.000000268. The molecule has 2 N–H and O–H groups in total. The van der Waals surface area contributed by atoms with E-state index in [2.05, 4.69) is 48.8 Å². The zero-order valence-electron chi connectivity index (χ0n) is 83.5. The first kappa shape index (κ1) is 112. The van der Waals surface area contributed by atoms with Crippen LogP contribution in [0.1, 0.15) is 164 Å². The number of anilines is 2. The minimum Gasteiger partial charge on any atom is -0.494 e. The van der Waals surface area contributed by atoms with Crippen molar-refractivity contribution in [1.82, 2.24) is 10.4 Å². The second kappa shape index (κ2) is 60.7. The number of fused-ring (bicyclic) bond motifs is 2. The average molecular weight is 2050 g/mol. The minimum absolute atomic E-state index is 0.0319. The molecular formula is C118H125N5O25S. The van der Waals surface area contributed by atoms with Crippen molar-refractivity contribution in [3.05, 3.63) is 326 Å². The van der Waals surface area contributed by atoms with Crippen LogP contribution in [0.15, 0.2) is 292 Å². The van der Waals surface area contributed by atoms with Crippen molar-refractivity contribution in [1.29, 1.82) is 0 Å². The Morgan fingerprint density at radius 1 is 0.362 bits per heavy atom. The maximum atomic E-state index is 13.8. The van der Waals surface area contributed by atoms with Crippen molar-refractivity contribution < 1.29 is 119 Å². The first-order valence-electron chi connectivity index (χ1n) is 50.1. The summed E-state index contributed by atoms with van der Waals surface area (Å²) in [6.45, 7) is 20.6. The van der Waals surface area contributed by atoms with E-state index in [9.17, 15) is 52.7 Å². The molecule has 0 spiro atoms. The van der Waals surface area contributed by atoms with E-state index in [-0.39, 0.29) is 74.7 Å². The van der Waals surface area contributed by atoms with Gasteiger partial charge in [0.15, 0.2) is 0 Å². The molecule has 1 heterocycles. The van der Waals surface area contributed by atoms with Gasteiger partial charge < -0.3 is 71.7 Å². The number of benzene rings is 10. The van der Waals surface area contributed by atoms with Gasteiger partial charge in [0, 0.05) is 84.8 Å². The highest BCUT2D eigenvalue weighted by molar-refractivity contribution is 7.14. The van der Waals surface area contributed by atoms with Crippen molar-refractivity contribution in [2.24, 2.45) is 28.8 Å². The Hall–Kier alpha value is -16.2. The van der Waals surface area contributed by atoms with E-state index in [4.69, 9.17) is 71.3 Å². The van der Waals surface area contributed by atoms with Crippen molar-refractivity contribution in [2.75, 3.05) is 83.1 Å². The van der Waals surface area contributed by atoms with Crippen LogP contribution in [0, 0.1) is 23.7 Å². The number of hydrazine groups is 1. The number of esters is 10. The Labute approximate surface area is 870 Å². The third-order valence-corrected chi connectivity index (χ3v) is 25.4. The molecule has 0 saturated heterocycles. The van der Waals surface area contributed by atoms with Crippen LogP contribution in [0.4, 0.5) is 10.8 Å². The molecule has 0 aliphatic heterocycles. The van der Waals surface area contributed by atoms with E-state index < -0.39 is 47.6 Å². The van der Waals surface area contributed by atoms with Crippen molar-refractivity contribution in [3.63, 3.8) is 0 Å². The summed E-state index contributed by atoms with van der Waals surface area (Å²) in [7, 11) is 0. The van der Waals surface area contributed by atoms with Crippen LogP contribution in [-0.2, 0) is 102 Å². The second-order valence-corrected chi connectivity index (χ2v) is 36.0. The van der Waals surface area contributed by atoms with Gasteiger partial charge in [-0.2, -0.15) is 10.1 Å². The van der Waals surface area contributed by atoms with Crippen LogP contribution >= 0.6 is 11.3 Å². The maximum Gasteiger partial charge on any atom is 0.338 e. The van der Waals surface area contributed by atoms with E-state index >= 15 is 0 Å². The molecule has 1 amide bonds. The van der Waals surface area contributed by atoms with E-state index in [1.165, 1.54) is 16.3 Å². The van der Waals surface area contributed by atoms with Crippen molar-refractivity contribution in [2.45, 2.75) is 141 Å². The monoisotopic (exact) mass is 2040 g/mol. The Kier molecular flexibility index (Phi) is 45.5. The van der Waals surface area contributed by atoms with Gasteiger partial charge in [0.25, 0.3) is 5.91 Å². The Bertz CT molecular complexity index is 6380. The first-order valence-corrected chi connectivity index (χ1v) is 51.0. The molecule has 2 aliphatic carbocycles. The lowest BCUT2D eigenvalue weighted by molar-refractivity contribution is -0.152. The normalized spacial score (nSPS) is 14.0. The Morgan fingerprint density at radius 2 is 0.785 bits per heavy atom. The molecule has 0 atom stereocenters. The first-order chi connectivity index (χ1) is 72.7. The fraction of sp³-hybridized carbons (Fsp3) is 0.314. The molecule has 31 heteroatoms. The van der Waals surface area contributed by atoms with Crippen LogP contribution in [0.5, 0.6) is 40.2 Å². The molecule has 149 heavy (non-hydrogen) atoms. The summed E-state index contributed by atoms with van der Waals surface area (Å²) < 4.78 is 77.5. The zero-order chi connectivity index (χ0) is 105. The number of nitrogens with zero attached hydrogens (tertiary/aromatic N) is 3. The number of amides is 1. The van der Waals surface area contributed by atoms with E-state index in [1.54, 1.807) is 109 Å². The van der Waals surface area contributed by atoms with E-state index in [1.807, 2.05) is 121 Å². The van der Waals surface area contributed by atoms with Crippen LogP contribution in [-0.4, -0.2) is 149 Å². The van der Waals surface area contributed by atoms with Gasteiger partial charge in [0.2, 0.25) is 5.13 Å². The molecule has 13 rings (SSSR count). The van der Waals surface area contributed by atoms with Crippen LogP contribution in [0.2, 0.25) is 0 Å². The van der Waals surface area contributed by atoms with Gasteiger partial charge in [0.1, 0.15) is 40.2 Å². The lowest BCUT2D eigenvalue weighted by Gasteiger charge is -2.26. The molecule has 0 bridgehead atoms. The molecule has 0 radical (unpaired) electrons. The van der Waals surface area contributed by atoms with E-state index in [0.717, 1.165) is 137 Å². The van der Waals surface area contributed by atoms with Gasteiger partial charge in [-0.15, -0.1) is 11.3 Å². The third kappa shape index (κ3) is 37.1. The largest absolute Gasteiger partial charge is 0.494 e. The topological polar surface area (TPSA) is 370 Å².